The zero-order valence-electron chi connectivity index (χ0n) is 16.7. The van der Waals surface area contributed by atoms with Crippen LogP contribution >= 0.6 is 0 Å². The number of nitrogens with zero attached hydrogens (tertiary/aromatic N) is 3. The van der Waals surface area contributed by atoms with E-state index in [9.17, 15) is 4.79 Å². The highest BCUT2D eigenvalue weighted by molar-refractivity contribution is 5.82. The third kappa shape index (κ3) is 4.20. The summed E-state index contributed by atoms with van der Waals surface area (Å²) in [5.74, 6) is 2.10. The molecule has 1 aromatic carbocycles. The number of hydrogen-bond donors (Lipinski definition) is 2. The summed E-state index contributed by atoms with van der Waals surface area (Å²) in [4.78, 5) is 24.5. The molecule has 0 radical (unpaired) electrons. The molecule has 1 unspecified atom stereocenters. The Morgan fingerprint density at radius 1 is 1.29 bits per heavy atom. The molecular formula is C21H29N5O2. The van der Waals surface area contributed by atoms with Crippen molar-refractivity contribution in [3.05, 3.63) is 47.0 Å². The Morgan fingerprint density at radius 2 is 2.18 bits per heavy atom. The molecule has 2 N–H and O–H groups in total. The molecule has 0 aliphatic carbocycles. The monoisotopic (exact) mass is 383 g/mol. The quantitative estimate of drug-likeness (QED) is 0.824. The topological polar surface area (TPSA) is 73.5 Å². The second-order valence-corrected chi connectivity index (χ2v) is 7.70. The molecule has 2 aromatic rings. The van der Waals surface area contributed by atoms with Crippen molar-refractivity contribution in [2.75, 3.05) is 26.2 Å². The minimum Gasteiger partial charge on any atom is -0.492 e. The van der Waals surface area contributed by atoms with Crippen molar-refractivity contribution in [1.82, 2.24) is 25.1 Å². The summed E-state index contributed by atoms with van der Waals surface area (Å²) < 4.78 is 5.98. The fraction of sp³-hybridized carbons (Fsp3) is 0.524. The van der Waals surface area contributed by atoms with Gasteiger partial charge in [0.15, 0.2) is 0 Å². The molecular weight excluding hydrogens is 354 g/mol. The molecule has 2 aliphatic heterocycles. The van der Waals surface area contributed by atoms with E-state index in [1.54, 1.807) is 0 Å². The molecule has 7 heteroatoms. The maximum Gasteiger partial charge on any atom is 0.237 e. The molecule has 0 spiro atoms. The van der Waals surface area contributed by atoms with Crippen LogP contribution in [-0.2, 0) is 24.4 Å². The Bertz CT molecular complexity index is 834. The molecule has 28 heavy (non-hydrogen) atoms. The summed E-state index contributed by atoms with van der Waals surface area (Å²) in [6.07, 6.45) is 2.70. The Morgan fingerprint density at radius 3 is 2.96 bits per heavy atom. The summed E-state index contributed by atoms with van der Waals surface area (Å²) in [5.41, 5.74) is 3.51. The largest absolute Gasteiger partial charge is 0.492 e. The lowest BCUT2D eigenvalue weighted by Crippen LogP contribution is -2.54. The Labute approximate surface area is 166 Å². The fourth-order valence-corrected chi connectivity index (χ4v) is 4.12. The molecule has 0 bridgehead atoms. The van der Waals surface area contributed by atoms with E-state index in [-0.39, 0.29) is 11.9 Å². The van der Waals surface area contributed by atoms with Gasteiger partial charge in [-0.15, -0.1) is 0 Å². The predicted octanol–water partition coefficient (Wildman–Crippen LogP) is 1.82. The SMILES string of the molecule is CCC1C(=O)NCCN1Cc1ccc2c(c1)CN(Cc1ncc(C)[nH]1)CCO2. The average molecular weight is 383 g/mol. The van der Waals surface area contributed by atoms with E-state index in [4.69, 9.17) is 4.74 Å². The van der Waals surface area contributed by atoms with Crippen LogP contribution in [0, 0.1) is 6.92 Å². The first kappa shape index (κ1) is 19.0. The van der Waals surface area contributed by atoms with Crippen molar-refractivity contribution in [2.24, 2.45) is 0 Å². The number of aromatic amines is 1. The standard InChI is InChI=1S/C21H29N5O2/c1-3-18-21(27)22-6-7-26(18)12-16-4-5-19-17(10-16)13-25(8-9-28-19)14-20-23-11-15(2)24-20/h4-5,10-11,18H,3,6-9,12-14H2,1-2H3,(H,22,27)(H,23,24). The number of ether oxygens (including phenoxy) is 1. The van der Waals surface area contributed by atoms with Gasteiger partial charge in [-0.25, -0.2) is 4.98 Å². The molecule has 150 valence electrons. The van der Waals surface area contributed by atoms with Crippen LogP contribution in [-0.4, -0.2) is 58.0 Å². The number of rotatable bonds is 5. The number of carbonyl (C=O) groups is 1. The zero-order valence-corrected chi connectivity index (χ0v) is 16.7. The fourth-order valence-electron chi connectivity index (χ4n) is 4.12. The van der Waals surface area contributed by atoms with Crippen LogP contribution in [0.15, 0.2) is 24.4 Å². The van der Waals surface area contributed by atoms with Crippen molar-refractivity contribution >= 4 is 5.91 Å². The van der Waals surface area contributed by atoms with Gasteiger partial charge in [0, 0.05) is 50.2 Å². The molecule has 0 saturated carbocycles. The van der Waals surface area contributed by atoms with E-state index >= 15 is 0 Å². The van der Waals surface area contributed by atoms with Gasteiger partial charge in [-0.3, -0.25) is 14.6 Å². The number of H-pyrrole nitrogens is 1. The van der Waals surface area contributed by atoms with Crippen LogP contribution in [0.4, 0.5) is 0 Å². The highest BCUT2D eigenvalue weighted by Gasteiger charge is 2.28. The first-order valence-electron chi connectivity index (χ1n) is 10.1. The van der Waals surface area contributed by atoms with Gasteiger partial charge in [0.1, 0.15) is 18.2 Å². The number of aromatic nitrogens is 2. The minimum absolute atomic E-state index is 0.0394. The van der Waals surface area contributed by atoms with Gasteiger partial charge in [0.05, 0.1) is 12.6 Å². The normalized spacial score (nSPS) is 20.9. The molecule has 7 nitrogen and oxygen atoms in total. The smallest absolute Gasteiger partial charge is 0.237 e. The molecule has 1 atom stereocenters. The number of imidazole rings is 1. The first-order chi connectivity index (χ1) is 13.6. The molecule has 3 heterocycles. The first-order valence-corrected chi connectivity index (χ1v) is 10.1. The third-order valence-electron chi connectivity index (χ3n) is 5.53. The third-order valence-corrected chi connectivity index (χ3v) is 5.53. The number of piperazine rings is 1. The van der Waals surface area contributed by atoms with E-state index < -0.39 is 0 Å². The summed E-state index contributed by atoms with van der Waals surface area (Å²) in [5, 5.41) is 2.97. The number of aryl methyl sites for hydroxylation is 1. The molecule has 4 rings (SSSR count). The lowest BCUT2D eigenvalue weighted by atomic mass is 10.1. The van der Waals surface area contributed by atoms with Gasteiger partial charge in [0.25, 0.3) is 0 Å². The molecule has 1 aromatic heterocycles. The van der Waals surface area contributed by atoms with Gasteiger partial charge in [0.2, 0.25) is 5.91 Å². The van der Waals surface area contributed by atoms with Crippen molar-refractivity contribution in [3.8, 4) is 5.75 Å². The van der Waals surface area contributed by atoms with Crippen molar-refractivity contribution in [2.45, 2.75) is 45.9 Å². The number of benzene rings is 1. The highest BCUT2D eigenvalue weighted by Crippen LogP contribution is 2.26. The Kier molecular flexibility index (Phi) is 5.64. The van der Waals surface area contributed by atoms with Crippen molar-refractivity contribution in [1.29, 1.82) is 0 Å². The summed E-state index contributed by atoms with van der Waals surface area (Å²) in [7, 11) is 0. The van der Waals surface area contributed by atoms with E-state index in [0.29, 0.717) is 6.61 Å². The number of hydrogen-bond acceptors (Lipinski definition) is 5. The van der Waals surface area contributed by atoms with E-state index in [0.717, 1.165) is 63.0 Å². The van der Waals surface area contributed by atoms with Gasteiger partial charge in [-0.2, -0.15) is 0 Å². The number of amides is 1. The van der Waals surface area contributed by atoms with Crippen LogP contribution in [0.5, 0.6) is 5.75 Å². The van der Waals surface area contributed by atoms with Crippen LogP contribution < -0.4 is 10.1 Å². The molecule has 1 saturated heterocycles. The minimum atomic E-state index is -0.0394. The summed E-state index contributed by atoms with van der Waals surface area (Å²) in [6, 6.07) is 6.41. The summed E-state index contributed by atoms with van der Waals surface area (Å²) >= 11 is 0. The highest BCUT2D eigenvalue weighted by atomic mass is 16.5. The predicted molar refractivity (Wildman–Crippen MR) is 107 cm³/mol. The zero-order chi connectivity index (χ0) is 19.5. The Balaban J connectivity index is 1.48. The Hall–Kier alpha value is -2.38. The molecule has 1 amide bonds. The second-order valence-electron chi connectivity index (χ2n) is 7.70. The van der Waals surface area contributed by atoms with Gasteiger partial charge in [-0.05, 0) is 31.0 Å². The van der Waals surface area contributed by atoms with Gasteiger partial charge >= 0.3 is 0 Å². The van der Waals surface area contributed by atoms with Gasteiger partial charge < -0.3 is 15.0 Å². The maximum atomic E-state index is 12.1. The van der Waals surface area contributed by atoms with Gasteiger partial charge in [-0.1, -0.05) is 13.0 Å². The second kappa shape index (κ2) is 8.32. The average Bonchev–Trinajstić information content (AvgIpc) is 2.97. The van der Waals surface area contributed by atoms with Crippen LogP contribution in [0.1, 0.15) is 36.0 Å². The number of fused-ring (bicyclic) bond motifs is 1. The number of nitrogens with one attached hydrogen (secondary N) is 2. The van der Waals surface area contributed by atoms with Crippen molar-refractivity contribution in [3.63, 3.8) is 0 Å². The van der Waals surface area contributed by atoms with Crippen LogP contribution in [0.2, 0.25) is 0 Å². The van der Waals surface area contributed by atoms with E-state index in [1.807, 2.05) is 13.1 Å². The maximum absolute atomic E-state index is 12.1. The van der Waals surface area contributed by atoms with Crippen LogP contribution in [0.3, 0.4) is 0 Å². The van der Waals surface area contributed by atoms with E-state index in [2.05, 4.69) is 50.2 Å². The van der Waals surface area contributed by atoms with Crippen molar-refractivity contribution < 1.29 is 9.53 Å². The molecule has 2 aliphatic rings. The summed E-state index contributed by atoms with van der Waals surface area (Å²) in [6.45, 7) is 9.66. The lowest BCUT2D eigenvalue weighted by molar-refractivity contribution is -0.129. The molecule has 1 fully saturated rings. The van der Waals surface area contributed by atoms with Crippen LogP contribution in [0.25, 0.3) is 0 Å². The van der Waals surface area contributed by atoms with E-state index in [1.165, 1.54) is 11.1 Å². The lowest BCUT2D eigenvalue weighted by Gasteiger charge is -2.34. The number of carbonyl (C=O) groups excluding carboxylic acids is 1.